The third-order valence-corrected chi connectivity index (χ3v) is 3.12. The third kappa shape index (κ3) is 1.72. The topological polar surface area (TPSA) is 0 Å². The van der Waals surface area contributed by atoms with Gasteiger partial charge in [-0.1, -0.05) is 60.7 Å². The summed E-state index contributed by atoms with van der Waals surface area (Å²) >= 11 is 0. The van der Waals surface area contributed by atoms with E-state index < -0.39 is 0 Å². The molecule has 0 fully saturated rings. The van der Waals surface area contributed by atoms with Crippen LogP contribution >= 0.6 is 0 Å². The van der Waals surface area contributed by atoms with E-state index in [1.807, 2.05) is 12.1 Å². The molecule has 0 heterocycles. The molecule has 0 atom stereocenters. The van der Waals surface area contributed by atoms with Gasteiger partial charge >= 0.3 is 0 Å². The van der Waals surface area contributed by atoms with Gasteiger partial charge in [-0.3, -0.25) is 0 Å². The molecule has 3 aromatic carbocycles. The Morgan fingerprint density at radius 2 is 1.65 bits per heavy atom. The molecular formula is C17H13. The predicted octanol–water partition coefficient (Wildman–Crippen LogP) is 4.62. The Labute approximate surface area is 102 Å². The van der Waals surface area contributed by atoms with E-state index in [1.54, 1.807) is 0 Å². The van der Waals surface area contributed by atoms with Crippen LogP contribution in [0.2, 0.25) is 0 Å². The van der Waals surface area contributed by atoms with Gasteiger partial charge in [0.25, 0.3) is 0 Å². The summed E-state index contributed by atoms with van der Waals surface area (Å²) in [6, 6.07) is 24.4. The Morgan fingerprint density at radius 1 is 0.824 bits per heavy atom. The van der Waals surface area contributed by atoms with Crippen LogP contribution in [0.1, 0.15) is 5.56 Å². The van der Waals surface area contributed by atoms with Gasteiger partial charge in [0.1, 0.15) is 0 Å². The van der Waals surface area contributed by atoms with E-state index in [0.29, 0.717) is 0 Å². The normalized spacial score (nSPS) is 10.6. The van der Waals surface area contributed by atoms with Gasteiger partial charge in [0, 0.05) is 0 Å². The Hall–Kier alpha value is -2.08. The van der Waals surface area contributed by atoms with Crippen molar-refractivity contribution in [2.45, 2.75) is 6.92 Å². The van der Waals surface area contributed by atoms with Crippen molar-refractivity contribution in [3.8, 4) is 11.1 Å². The molecule has 81 valence electrons. The van der Waals surface area contributed by atoms with Crippen molar-refractivity contribution in [3.05, 3.63) is 72.3 Å². The molecule has 0 saturated heterocycles. The summed E-state index contributed by atoms with van der Waals surface area (Å²) in [4.78, 5) is 0. The van der Waals surface area contributed by atoms with Crippen molar-refractivity contribution >= 4 is 10.8 Å². The number of hydrogen-bond donors (Lipinski definition) is 0. The highest BCUT2D eigenvalue weighted by Crippen LogP contribution is 2.29. The Balaban J connectivity index is 2.35. The molecule has 0 unspecified atom stereocenters. The van der Waals surface area contributed by atoms with Crippen molar-refractivity contribution in [3.63, 3.8) is 0 Å². The average molecular weight is 217 g/mol. The van der Waals surface area contributed by atoms with Crippen LogP contribution in [0, 0.1) is 13.0 Å². The number of hydrogen-bond acceptors (Lipinski definition) is 0. The number of benzene rings is 3. The van der Waals surface area contributed by atoms with Crippen molar-refractivity contribution in [2.75, 3.05) is 0 Å². The lowest BCUT2D eigenvalue weighted by atomic mass is 9.95. The predicted molar refractivity (Wildman–Crippen MR) is 73.0 cm³/mol. The summed E-state index contributed by atoms with van der Waals surface area (Å²) in [5.74, 6) is 0. The number of fused-ring (bicyclic) bond motifs is 1. The standard InChI is InChI=1S/C17H13/c1-13-7-2-4-10-15(13)17-12-6-9-14-8-3-5-11-16(14)17/h2-9,11-12H,1H3. The molecule has 0 heteroatoms. The maximum Gasteiger partial charge on any atom is -0.00697 e. The van der Waals surface area contributed by atoms with Crippen molar-refractivity contribution in [2.24, 2.45) is 0 Å². The lowest BCUT2D eigenvalue weighted by Crippen LogP contribution is -1.84. The molecule has 3 rings (SSSR count). The molecule has 0 nitrogen and oxygen atoms in total. The molecule has 0 amide bonds. The first-order valence-electron chi connectivity index (χ1n) is 5.82. The quantitative estimate of drug-likeness (QED) is 0.558. The Bertz CT molecular complexity index is 660. The highest BCUT2D eigenvalue weighted by molar-refractivity contribution is 5.97. The monoisotopic (exact) mass is 217 g/mol. The molecule has 0 spiro atoms. The van der Waals surface area contributed by atoms with E-state index in [2.05, 4.69) is 61.5 Å². The number of aryl methyl sites for hydroxylation is 1. The van der Waals surface area contributed by atoms with E-state index in [9.17, 15) is 0 Å². The molecule has 0 bridgehead atoms. The van der Waals surface area contributed by atoms with Crippen LogP contribution in [0.3, 0.4) is 0 Å². The summed E-state index contributed by atoms with van der Waals surface area (Å²) in [5.41, 5.74) is 3.73. The third-order valence-electron chi connectivity index (χ3n) is 3.12. The summed E-state index contributed by atoms with van der Waals surface area (Å²) in [6.07, 6.45) is 0. The highest BCUT2D eigenvalue weighted by atomic mass is 14.1. The van der Waals surface area contributed by atoms with Gasteiger partial charge in [0.15, 0.2) is 0 Å². The van der Waals surface area contributed by atoms with Crippen LogP contribution < -0.4 is 0 Å². The first-order valence-corrected chi connectivity index (χ1v) is 5.82. The Morgan fingerprint density at radius 3 is 2.53 bits per heavy atom. The van der Waals surface area contributed by atoms with Crippen LogP contribution in [0.25, 0.3) is 21.9 Å². The van der Waals surface area contributed by atoms with Crippen molar-refractivity contribution in [1.29, 1.82) is 0 Å². The van der Waals surface area contributed by atoms with E-state index in [0.717, 1.165) is 0 Å². The maximum absolute atomic E-state index is 3.35. The lowest BCUT2D eigenvalue weighted by Gasteiger charge is -2.08. The second-order valence-electron chi connectivity index (χ2n) is 4.25. The first-order chi connectivity index (χ1) is 8.36. The smallest absolute Gasteiger partial charge is 0.00697 e. The minimum atomic E-state index is 1.20. The minimum Gasteiger partial charge on any atom is -0.0616 e. The molecule has 3 aromatic rings. The SMILES string of the molecule is Cc1ccc[c]c1-c1cccc2ccccc12. The molecule has 0 aromatic heterocycles. The molecule has 0 aliphatic carbocycles. The summed E-state index contributed by atoms with van der Waals surface area (Å²) in [5, 5.41) is 2.57. The molecule has 0 N–H and O–H groups in total. The van der Waals surface area contributed by atoms with Crippen LogP contribution in [-0.4, -0.2) is 0 Å². The van der Waals surface area contributed by atoms with E-state index in [-0.39, 0.29) is 0 Å². The largest absolute Gasteiger partial charge is 0.0616 e. The van der Waals surface area contributed by atoms with Crippen LogP contribution in [0.15, 0.2) is 60.7 Å². The summed E-state index contributed by atoms with van der Waals surface area (Å²) in [6.45, 7) is 2.13. The van der Waals surface area contributed by atoms with Gasteiger partial charge in [-0.25, -0.2) is 0 Å². The second kappa shape index (κ2) is 4.06. The fourth-order valence-corrected chi connectivity index (χ4v) is 2.25. The highest BCUT2D eigenvalue weighted by Gasteiger charge is 2.04. The van der Waals surface area contributed by atoms with Crippen LogP contribution in [0.5, 0.6) is 0 Å². The second-order valence-corrected chi connectivity index (χ2v) is 4.25. The Kier molecular flexibility index (Phi) is 2.41. The van der Waals surface area contributed by atoms with Crippen molar-refractivity contribution < 1.29 is 0 Å². The molecule has 0 aliphatic rings. The van der Waals surface area contributed by atoms with Crippen LogP contribution in [-0.2, 0) is 0 Å². The van der Waals surface area contributed by atoms with Crippen LogP contribution in [0.4, 0.5) is 0 Å². The molecule has 0 saturated carbocycles. The van der Waals surface area contributed by atoms with Crippen molar-refractivity contribution in [1.82, 2.24) is 0 Å². The molecular weight excluding hydrogens is 204 g/mol. The fourth-order valence-electron chi connectivity index (χ4n) is 2.25. The van der Waals surface area contributed by atoms with Gasteiger partial charge in [0.05, 0.1) is 0 Å². The summed E-state index contributed by atoms with van der Waals surface area (Å²) < 4.78 is 0. The van der Waals surface area contributed by atoms with Gasteiger partial charge in [0.2, 0.25) is 0 Å². The molecule has 0 aliphatic heterocycles. The zero-order valence-corrected chi connectivity index (χ0v) is 9.77. The van der Waals surface area contributed by atoms with Gasteiger partial charge in [-0.15, -0.1) is 0 Å². The van der Waals surface area contributed by atoms with E-state index in [1.165, 1.54) is 27.5 Å². The maximum atomic E-state index is 3.35. The molecule has 17 heavy (non-hydrogen) atoms. The number of rotatable bonds is 1. The minimum absolute atomic E-state index is 1.20. The van der Waals surface area contributed by atoms with Gasteiger partial charge < -0.3 is 0 Å². The summed E-state index contributed by atoms with van der Waals surface area (Å²) in [7, 11) is 0. The average Bonchev–Trinajstić information content (AvgIpc) is 2.39. The molecule has 1 radical (unpaired) electrons. The first kappa shape index (κ1) is 10.1. The zero-order valence-electron chi connectivity index (χ0n) is 9.77. The zero-order chi connectivity index (χ0) is 11.7. The lowest BCUT2D eigenvalue weighted by molar-refractivity contribution is 1.46. The fraction of sp³-hybridized carbons (Fsp3) is 0.0588. The van der Waals surface area contributed by atoms with Gasteiger partial charge in [-0.2, -0.15) is 0 Å². The van der Waals surface area contributed by atoms with E-state index >= 15 is 0 Å². The van der Waals surface area contributed by atoms with Gasteiger partial charge in [-0.05, 0) is 40.5 Å². The van der Waals surface area contributed by atoms with E-state index in [4.69, 9.17) is 0 Å².